The number of aromatic hydroxyl groups is 1. The molecule has 1 aromatic carbocycles. The van der Waals surface area contributed by atoms with Crippen molar-refractivity contribution in [1.82, 2.24) is 16.0 Å². The van der Waals surface area contributed by atoms with Crippen molar-refractivity contribution in [3.05, 3.63) is 29.8 Å². The molecule has 9 nitrogen and oxygen atoms in total. The Labute approximate surface area is 215 Å². The van der Waals surface area contributed by atoms with Crippen molar-refractivity contribution in [2.24, 2.45) is 11.7 Å². The molecule has 0 aliphatic carbocycles. The van der Waals surface area contributed by atoms with Crippen molar-refractivity contribution in [2.75, 3.05) is 0 Å². The Hall–Kier alpha value is -3.10. The third-order valence-corrected chi connectivity index (χ3v) is 6.33. The lowest BCUT2D eigenvalue weighted by atomic mass is 9.96. The first-order chi connectivity index (χ1) is 17.1. The van der Waals surface area contributed by atoms with Crippen molar-refractivity contribution in [3.8, 4) is 5.75 Å². The van der Waals surface area contributed by atoms with Crippen LogP contribution in [0.2, 0.25) is 0 Å². The van der Waals surface area contributed by atoms with Crippen LogP contribution in [0.25, 0.3) is 0 Å². The van der Waals surface area contributed by atoms with E-state index >= 15 is 0 Å². The molecule has 0 saturated carbocycles. The molecule has 0 aliphatic heterocycles. The van der Waals surface area contributed by atoms with Crippen LogP contribution in [0.3, 0.4) is 0 Å². The summed E-state index contributed by atoms with van der Waals surface area (Å²) in [6.07, 6.45) is 5.73. The molecule has 6 N–H and O–H groups in total. The average Bonchev–Trinajstić information content (AvgIpc) is 2.85. The first kappa shape index (κ1) is 30.9. The lowest BCUT2D eigenvalue weighted by Crippen LogP contribution is -2.58. The molecule has 0 spiro atoms. The number of hydrogen-bond donors (Lipinski definition) is 5. The summed E-state index contributed by atoms with van der Waals surface area (Å²) in [5.41, 5.74) is 6.23. The van der Waals surface area contributed by atoms with Gasteiger partial charge in [0.1, 0.15) is 23.9 Å². The smallest absolute Gasteiger partial charge is 0.243 e. The van der Waals surface area contributed by atoms with Gasteiger partial charge in [0.2, 0.25) is 23.6 Å². The van der Waals surface area contributed by atoms with Gasteiger partial charge in [-0.05, 0) is 36.5 Å². The van der Waals surface area contributed by atoms with Gasteiger partial charge in [0, 0.05) is 12.8 Å². The minimum atomic E-state index is -0.907. The van der Waals surface area contributed by atoms with Gasteiger partial charge in [-0.3, -0.25) is 19.2 Å². The summed E-state index contributed by atoms with van der Waals surface area (Å²) >= 11 is 0. The second-order valence-corrected chi connectivity index (χ2v) is 9.43. The van der Waals surface area contributed by atoms with Crippen LogP contribution in [-0.2, 0) is 25.6 Å². The number of rotatable bonds is 17. The van der Waals surface area contributed by atoms with E-state index in [2.05, 4.69) is 16.0 Å². The Morgan fingerprint density at radius 1 is 0.861 bits per heavy atom. The van der Waals surface area contributed by atoms with Crippen LogP contribution < -0.4 is 21.7 Å². The zero-order valence-electron chi connectivity index (χ0n) is 22.1. The topological polar surface area (TPSA) is 151 Å². The summed E-state index contributed by atoms with van der Waals surface area (Å²) in [5, 5.41) is 17.9. The Morgan fingerprint density at radius 3 is 2.06 bits per heavy atom. The molecule has 1 unspecified atom stereocenters. The van der Waals surface area contributed by atoms with Crippen LogP contribution in [0.5, 0.6) is 5.75 Å². The maximum absolute atomic E-state index is 13.4. The van der Waals surface area contributed by atoms with Crippen LogP contribution in [-0.4, -0.2) is 46.9 Å². The standard InChI is InChI=1S/C27H44N4O5/c1-5-8-10-12-23(33)29-22(17-19-13-15-20(32)16-14-19)26(35)31-24(18(4)7-3)27(36)30-21(25(28)34)11-9-6-2/h13-16,18,21-22,24,32H,5-12,17H2,1-4H3,(H2,28,34)(H,29,33)(H,30,36)(H,31,35)/t18-,21?,22-,24-/m0/s1. The first-order valence-electron chi connectivity index (χ1n) is 13.1. The Balaban J connectivity index is 3.06. The maximum Gasteiger partial charge on any atom is 0.243 e. The van der Waals surface area contributed by atoms with E-state index in [1.807, 2.05) is 27.7 Å². The van der Waals surface area contributed by atoms with Gasteiger partial charge in [0.25, 0.3) is 0 Å². The lowest BCUT2D eigenvalue weighted by molar-refractivity contribution is -0.134. The molecule has 0 heterocycles. The molecule has 1 aromatic rings. The minimum absolute atomic E-state index is 0.101. The molecule has 202 valence electrons. The zero-order chi connectivity index (χ0) is 27.1. The van der Waals surface area contributed by atoms with Crippen molar-refractivity contribution in [2.45, 2.75) is 104 Å². The van der Waals surface area contributed by atoms with Crippen molar-refractivity contribution < 1.29 is 24.3 Å². The van der Waals surface area contributed by atoms with E-state index in [1.54, 1.807) is 12.1 Å². The minimum Gasteiger partial charge on any atom is -0.508 e. The van der Waals surface area contributed by atoms with E-state index in [-0.39, 0.29) is 24.0 Å². The fourth-order valence-corrected chi connectivity index (χ4v) is 3.79. The summed E-state index contributed by atoms with van der Waals surface area (Å²) in [7, 11) is 0. The molecule has 4 amide bonds. The van der Waals surface area contributed by atoms with Gasteiger partial charge in [-0.1, -0.05) is 71.9 Å². The van der Waals surface area contributed by atoms with Crippen LogP contribution in [0.1, 0.15) is 84.6 Å². The number of benzene rings is 1. The van der Waals surface area contributed by atoms with Crippen LogP contribution in [0.15, 0.2) is 24.3 Å². The molecule has 0 radical (unpaired) electrons. The third-order valence-electron chi connectivity index (χ3n) is 6.33. The van der Waals surface area contributed by atoms with Crippen molar-refractivity contribution in [1.29, 1.82) is 0 Å². The van der Waals surface area contributed by atoms with Gasteiger partial charge in [0.15, 0.2) is 0 Å². The number of nitrogens with two attached hydrogens (primary N) is 1. The van der Waals surface area contributed by atoms with Gasteiger partial charge in [-0.25, -0.2) is 0 Å². The maximum atomic E-state index is 13.4. The molecule has 4 atom stereocenters. The molecule has 0 aliphatic rings. The highest BCUT2D eigenvalue weighted by atomic mass is 16.3. The number of carbonyl (C=O) groups excluding carboxylic acids is 4. The van der Waals surface area contributed by atoms with E-state index in [0.29, 0.717) is 19.3 Å². The molecule has 0 aromatic heterocycles. The Bertz CT molecular complexity index is 843. The lowest BCUT2D eigenvalue weighted by Gasteiger charge is -2.28. The van der Waals surface area contributed by atoms with E-state index in [9.17, 15) is 24.3 Å². The average molecular weight is 505 g/mol. The van der Waals surface area contributed by atoms with E-state index in [1.165, 1.54) is 12.1 Å². The summed E-state index contributed by atoms with van der Waals surface area (Å²) < 4.78 is 0. The Morgan fingerprint density at radius 2 is 1.50 bits per heavy atom. The molecule has 0 bridgehead atoms. The number of hydrogen-bond acceptors (Lipinski definition) is 5. The van der Waals surface area contributed by atoms with Gasteiger partial charge in [-0.15, -0.1) is 0 Å². The normalized spacial score (nSPS) is 14.2. The van der Waals surface area contributed by atoms with E-state index in [4.69, 9.17) is 5.73 Å². The van der Waals surface area contributed by atoms with Crippen LogP contribution in [0, 0.1) is 5.92 Å². The molecule has 9 heteroatoms. The number of unbranched alkanes of at least 4 members (excludes halogenated alkanes) is 3. The van der Waals surface area contributed by atoms with Crippen molar-refractivity contribution >= 4 is 23.6 Å². The molecular weight excluding hydrogens is 460 g/mol. The summed E-state index contributed by atoms with van der Waals surface area (Å²) in [6.45, 7) is 7.77. The molecule has 0 saturated heterocycles. The van der Waals surface area contributed by atoms with Crippen molar-refractivity contribution in [3.63, 3.8) is 0 Å². The van der Waals surface area contributed by atoms with Crippen LogP contribution >= 0.6 is 0 Å². The summed E-state index contributed by atoms with van der Waals surface area (Å²) in [4.78, 5) is 50.9. The van der Waals surface area contributed by atoms with E-state index < -0.39 is 35.8 Å². The summed E-state index contributed by atoms with van der Waals surface area (Å²) in [6, 6.07) is 3.78. The number of phenolic OH excluding ortho intramolecular Hbond substituents is 1. The molecule has 0 fully saturated rings. The number of amides is 4. The number of carbonyl (C=O) groups is 4. The molecular formula is C27H44N4O5. The zero-order valence-corrected chi connectivity index (χ0v) is 22.1. The second-order valence-electron chi connectivity index (χ2n) is 9.43. The highest BCUT2D eigenvalue weighted by Crippen LogP contribution is 2.14. The second kappa shape index (κ2) is 16.5. The largest absolute Gasteiger partial charge is 0.508 e. The third kappa shape index (κ3) is 11.1. The quantitative estimate of drug-likeness (QED) is 0.207. The van der Waals surface area contributed by atoms with Gasteiger partial charge < -0.3 is 26.8 Å². The summed E-state index contributed by atoms with van der Waals surface area (Å²) in [5.74, 6) is -1.94. The highest BCUT2D eigenvalue weighted by molar-refractivity contribution is 5.94. The van der Waals surface area contributed by atoms with Gasteiger partial charge >= 0.3 is 0 Å². The Kier molecular flexibility index (Phi) is 14.2. The molecule has 1 rings (SSSR count). The fourth-order valence-electron chi connectivity index (χ4n) is 3.79. The molecule has 36 heavy (non-hydrogen) atoms. The SMILES string of the molecule is CCCCCC(=O)N[C@@H](Cc1ccc(O)cc1)C(=O)N[C@H](C(=O)NC(CCCC)C(N)=O)[C@@H](C)CC. The van der Waals surface area contributed by atoms with Crippen LogP contribution in [0.4, 0.5) is 0 Å². The monoisotopic (exact) mass is 504 g/mol. The fraction of sp³-hybridized carbons (Fsp3) is 0.630. The number of primary amides is 1. The van der Waals surface area contributed by atoms with E-state index in [0.717, 1.165) is 37.7 Å². The van der Waals surface area contributed by atoms with Gasteiger partial charge in [0.05, 0.1) is 0 Å². The number of phenols is 1. The predicted molar refractivity (Wildman–Crippen MR) is 140 cm³/mol. The highest BCUT2D eigenvalue weighted by Gasteiger charge is 2.31. The number of nitrogens with one attached hydrogen (secondary N) is 3. The predicted octanol–water partition coefficient (Wildman–Crippen LogP) is 2.69. The first-order valence-corrected chi connectivity index (χ1v) is 13.1. The van der Waals surface area contributed by atoms with Gasteiger partial charge in [-0.2, -0.15) is 0 Å².